The Labute approximate surface area is 99.7 Å². The summed E-state index contributed by atoms with van der Waals surface area (Å²) in [6.07, 6.45) is -1.42. The maximum absolute atomic E-state index is 11.6. The molecule has 0 radical (unpaired) electrons. The third-order valence-electron chi connectivity index (χ3n) is 1.76. The molecule has 0 aromatic rings. The molecule has 0 aromatic heterocycles. The van der Waals surface area contributed by atoms with E-state index in [-0.39, 0.29) is 26.1 Å². The number of carboxylic acids is 1. The molecule has 8 nitrogen and oxygen atoms in total. The van der Waals surface area contributed by atoms with Crippen molar-refractivity contribution in [3.05, 3.63) is 0 Å². The number of carboxylic acid groups (broad SMARTS) is 1. The maximum Gasteiger partial charge on any atom is 0.421 e. The van der Waals surface area contributed by atoms with Crippen molar-refractivity contribution in [2.45, 2.75) is 20.3 Å². The summed E-state index contributed by atoms with van der Waals surface area (Å²) >= 11 is 0. The van der Waals surface area contributed by atoms with Crippen LogP contribution >= 0.6 is 0 Å². The summed E-state index contributed by atoms with van der Waals surface area (Å²) in [7, 11) is -4.04. The summed E-state index contributed by atoms with van der Waals surface area (Å²) in [6, 6.07) is 0. The molecule has 0 fully saturated rings. The van der Waals surface area contributed by atoms with Crippen molar-refractivity contribution in [3.63, 3.8) is 0 Å². The predicted octanol–water partition coefficient (Wildman–Crippen LogP) is -0.226. The molecule has 100 valence electrons. The number of hydrogen-bond acceptors (Lipinski definition) is 5. The van der Waals surface area contributed by atoms with Gasteiger partial charge >= 0.3 is 22.3 Å². The van der Waals surface area contributed by atoms with E-state index in [9.17, 15) is 18.0 Å². The lowest BCUT2D eigenvalue weighted by Crippen LogP contribution is -2.44. The van der Waals surface area contributed by atoms with E-state index in [1.807, 2.05) is 0 Å². The second kappa shape index (κ2) is 7.07. The van der Waals surface area contributed by atoms with Gasteiger partial charge in [-0.2, -0.15) is 12.7 Å². The maximum atomic E-state index is 11.6. The normalized spacial score (nSPS) is 11.2. The second-order valence-corrected chi connectivity index (χ2v) is 4.63. The number of nitrogens with one attached hydrogen (secondary N) is 1. The molecule has 0 atom stereocenters. The minimum Gasteiger partial charge on any atom is -0.481 e. The summed E-state index contributed by atoms with van der Waals surface area (Å²) < 4.78 is 30.1. The zero-order valence-corrected chi connectivity index (χ0v) is 10.5. The fraction of sp³-hybridized carbons (Fsp3) is 0.750. The lowest BCUT2D eigenvalue weighted by atomic mass is 10.4. The first-order valence-corrected chi connectivity index (χ1v) is 6.43. The van der Waals surface area contributed by atoms with Crippen LogP contribution in [-0.4, -0.2) is 49.6 Å². The van der Waals surface area contributed by atoms with Crippen LogP contribution in [0.25, 0.3) is 0 Å². The molecule has 0 saturated carbocycles. The van der Waals surface area contributed by atoms with Crippen LogP contribution in [0.15, 0.2) is 0 Å². The van der Waals surface area contributed by atoms with E-state index in [0.29, 0.717) is 0 Å². The van der Waals surface area contributed by atoms with Crippen molar-refractivity contribution in [3.8, 4) is 0 Å². The Morgan fingerprint density at radius 1 is 1.35 bits per heavy atom. The SMILES string of the molecule is CCOC(=O)NS(=O)(=O)N(CC)CCC(=O)O. The van der Waals surface area contributed by atoms with Gasteiger partial charge in [0.25, 0.3) is 0 Å². The van der Waals surface area contributed by atoms with Gasteiger partial charge in [-0.15, -0.1) is 0 Å². The smallest absolute Gasteiger partial charge is 0.421 e. The van der Waals surface area contributed by atoms with Crippen molar-refractivity contribution in [1.29, 1.82) is 0 Å². The fourth-order valence-corrected chi connectivity index (χ4v) is 2.07. The second-order valence-electron chi connectivity index (χ2n) is 2.96. The molecule has 0 spiro atoms. The molecule has 2 N–H and O–H groups in total. The van der Waals surface area contributed by atoms with Crippen molar-refractivity contribution >= 4 is 22.3 Å². The fourth-order valence-electron chi connectivity index (χ4n) is 0.999. The number of rotatable bonds is 7. The first-order valence-electron chi connectivity index (χ1n) is 4.99. The Bertz CT molecular complexity index is 366. The Morgan fingerprint density at radius 2 is 1.94 bits per heavy atom. The van der Waals surface area contributed by atoms with Gasteiger partial charge < -0.3 is 9.84 Å². The average Bonchev–Trinajstić information content (AvgIpc) is 2.16. The minimum atomic E-state index is -4.04. The first kappa shape index (κ1) is 15.7. The van der Waals surface area contributed by atoms with Crippen LogP contribution in [-0.2, 0) is 19.7 Å². The van der Waals surface area contributed by atoms with E-state index in [4.69, 9.17) is 5.11 Å². The number of ether oxygens (including phenoxy) is 1. The van der Waals surface area contributed by atoms with Gasteiger partial charge in [-0.1, -0.05) is 6.92 Å². The molecule has 0 aromatic carbocycles. The number of aliphatic carboxylic acids is 1. The van der Waals surface area contributed by atoms with Gasteiger partial charge in [0.05, 0.1) is 13.0 Å². The Kier molecular flexibility index (Phi) is 6.51. The van der Waals surface area contributed by atoms with E-state index in [1.54, 1.807) is 4.72 Å². The molecule has 1 amide bonds. The predicted molar refractivity (Wildman–Crippen MR) is 58.6 cm³/mol. The number of amides is 1. The highest BCUT2D eigenvalue weighted by Crippen LogP contribution is 2.00. The van der Waals surface area contributed by atoms with Crippen molar-refractivity contribution in [1.82, 2.24) is 9.03 Å². The summed E-state index contributed by atoms with van der Waals surface area (Å²) in [5.74, 6) is -1.12. The summed E-state index contributed by atoms with van der Waals surface area (Å²) in [4.78, 5) is 21.3. The summed E-state index contributed by atoms with van der Waals surface area (Å²) in [5, 5.41) is 8.46. The number of nitrogens with zero attached hydrogens (tertiary/aromatic N) is 1. The van der Waals surface area contributed by atoms with Gasteiger partial charge in [0.2, 0.25) is 0 Å². The zero-order valence-electron chi connectivity index (χ0n) is 9.67. The van der Waals surface area contributed by atoms with E-state index < -0.39 is 22.3 Å². The lowest BCUT2D eigenvalue weighted by Gasteiger charge is -2.19. The Balaban J connectivity index is 4.52. The van der Waals surface area contributed by atoms with Gasteiger partial charge in [-0.25, -0.2) is 9.52 Å². The average molecular weight is 268 g/mol. The van der Waals surface area contributed by atoms with Crippen LogP contribution in [0.3, 0.4) is 0 Å². The van der Waals surface area contributed by atoms with Crippen LogP contribution in [0.4, 0.5) is 4.79 Å². The van der Waals surface area contributed by atoms with Crippen LogP contribution in [0.5, 0.6) is 0 Å². The van der Waals surface area contributed by atoms with Crippen molar-refractivity contribution in [2.24, 2.45) is 0 Å². The zero-order chi connectivity index (χ0) is 13.5. The van der Waals surface area contributed by atoms with E-state index in [0.717, 1.165) is 4.31 Å². The number of carbonyl (C=O) groups excluding carboxylic acids is 1. The number of carbonyl (C=O) groups is 2. The van der Waals surface area contributed by atoms with Gasteiger partial charge in [0, 0.05) is 13.1 Å². The first-order chi connectivity index (χ1) is 7.83. The van der Waals surface area contributed by atoms with Gasteiger partial charge in [-0.3, -0.25) is 4.79 Å². The highest BCUT2D eigenvalue weighted by molar-refractivity contribution is 7.87. The standard InChI is InChI=1S/C8H16N2O6S/c1-3-10(6-5-7(11)12)17(14,15)9-8(13)16-4-2/h3-6H2,1-2H3,(H,9,13)(H,11,12). The molecule has 0 rings (SSSR count). The van der Waals surface area contributed by atoms with Gasteiger partial charge in [-0.05, 0) is 6.92 Å². The van der Waals surface area contributed by atoms with E-state index in [2.05, 4.69) is 4.74 Å². The summed E-state index contributed by atoms with van der Waals surface area (Å²) in [5.41, 5.74) is 0. The Morgan fingerprint density at radius 3 is 2.35 bits per heavy atom. The third-order valence-corrected chi connectivity index (χ3v) is 3.30. The lowest BCUT2D eigenvalue weighted by molar-refractivity contribution is -0.137. The van der Waals surface area contributed by atoms with Crippen LogP contribution in [0.1, 0.15) is 20.3 Å². The van der Waals surface area contributed by atoms with Crippen molar-refractivity contribution in [2.75, 3.05) is 19.7 Å². The Hall–Kier alpha value is -1.35. The molecule has 0 aliphatic heterocycles. The molecular weight excluding hydrogens is 252 g/mol. The number of hydrogen-bond donors (Lipinski definition) is 2. The topological polar surface area (TPSA) is 113 Å². The molecular formula is C8H16N2O6S. The minimum absolute atomic E-state index is 0.0443. The molecule has 17 heavy (non-hydrogen) atoms. The molecule has 0 saturated heterocycles. The van der Waals surface area contributed by atoms with Crippen molar-refractivity contribution < 1.29 is 27.9 Å². The van der Waals surface area contributed by atoms with Crippen LogP contribution < -0.4 is 4.72 Å². The molecule has 0 heterocycles. The molecule has 0 aliphatic rings. The molecule has 0 aliphatic carbocycles. The molecule has 9 heteroatoms. The highest BCUT2D eigenvalue weighted by Gasteiger charge is 2.23. The van der Waals surface area contributed by atoms with Gasteiger partial charge in [0.15, 0.2) is 0 Å². The highest BCUT2D eigenvalue weighted by atomic mass is 32.2. The van der Waals surface area contributed by atoms with Crippen LogP contribution in [0, 0.1) is 0 Å². The molecule has 0 bridgehead atoms. The van der Waals surface area contributed by atoms with E-state index >= 15 is 0 Å². The third kappa shape index (κ3) is 6.07. The van der Waals surface area contributed by atoms with E-state index in [1.165, 1.54) is 13.8 Å². The largest absolute Gasteiger partial charge is 0.481 e. The van der Waals surface area contributed by atoms with Crippen LogP contribution in [0.2, 0.25) is 0 Å². The quantitative estimate of drug-likeness (QED) is 0.659. The monoisotopic (exact) mass is 268 g/mol. The molecule has 0 unspecified atom stereocenters. The van der Waals surface area contributed by atoms with Gasteiger partial charge in [0.1, 0.15) is 0 Å². The summed E-state index contributed by atoms with van der Waals surface area (Å²) in [6.45, 7) is 2.96.